The number of carboxylic acids is 1. The molecule has 138 valence electrons. The molecule has 0 radical (unpaired) electrons. The number of fused-ring (bicyclic) bond motifs is 1. The minimum Gasteiger partial charge on any atom is -0.480 e. The first-order valence-corrected chi connectivity index (χ1v) is 7.70. The van der Waals surface area contributed by atoms with Gasteiger partial charge >= 0.3 is 12.1 Å². The number of carbonyl (C=O) groups is 1. The van der Waals surface area contributed by atoms with E-state index in [2.05, 4.69) is 9.72 Å². The zero-order valence-corrected chi connectivity index (χ0v) is 13.6. The lowest BCUT2D eigenvalue weighted by atomic mass is 10.0. The molecule has 0 amide bonds. The van der Waals surface area contributed by atoms with Crippen LogP contribution in [0.5, 0.6) is 11.6 Å². The molecule has 1 aliphatic heterocycles. The van der Waals surface area contributed by atoms with E-state index in [-0.39, 0.29) is 5.88 Å². The molecule has 0 spiro atoms. The lowest BCUT2D eigenvalue weighted by Gasteiger charge is -2.26. The number of nitrogens with zero attached hydrogens (tertiary/aromatic N) is 2. The summed E-state index contributed by atoms with van der Waals surface area (Å²) >= 11 is 0. The molecule has 1 aliphatic rings. The van der Waals surface area contributed by atoms with Crippen molar-refractivity contribution < 1.29 is 32.6 Å². The number of ether oxygens (including phenoxy) is 1. The Morgan fingerprint density at radius 1 is 1.35 bits per heavy atom. The molecule has 1 aromatic carbocycles. The number of hydrogen-bond acceptors (Lipinski definition) is 5. The van der Waals surface area contributed by atoms with Crippen LogP contribution in [0.15, 0.2) is 42.6 Å². The van der Waals surface area contributed by atoms with E-state index in [0.717, 1.165) is 0 Å². The Labute approximate surface area is 146 Å². The van der Waals surface area contributed by atoms with Crippen molar-refractivity contribution in [1.82, 2.24) is 10.0 Å². The van der Waals surface area contributed by atoms with E-state index >= 15 is 0 Å². The molecule has 0 aliphatic carbocycles. The van der Waals surface area contributed by atoms with Crippen LogP contribution in [0.4, 0.5) is 13.2 Å². The molecule has 2 aromatic rings. The summed E-state index contributed by atoms with van der Waals surface area (Å²) in [5.74, 6) is -0.789. The van der Waals surface area contributed by atoms with Crippen molar-refractivity contribution in [1.29, 1.82) is 0 Å². The first-order chi connectivity index (χ1) is 12.3. The number of aliphatic carboxylic acids is 1. The molecule has 1 aromatic heterocycles. The smallest absolute Gasteiger partial charge is 0.422 e. The van der Waals surface area contributed by atoms with Crippen LogP contribution in [-0.4, -0.2) is 33.9 Å². The number of benzene rings is 1. The highest BCUT2D eigenvalue weighted by Crippen LogP contribution is 2.42. The SMILES string of the molecule is CC(c1ccc(OCC(F)(F)F)nc1)N1Oc2ccccc2C1C(=O)O. The molecule has 2 atom stereocenters. The number of aromatic nitrogens is 1. The number of para-hydroxylation sites is 1. The molecular weight excluding hydrogens is 353 g/mol. The van der Waals surface area contributed by atoms with Crippen molar-refractivity contribution in [2.45, 2.75) is 25.2 Å². The van der Waals surface area contributed by atoms with Gasteiger partial charge in [-0.05, 0) is 18.6 Å². The van der Waals surface area contributed by atoms with Gasteiger partial charge < -0.3 is 14.7 Å². The molecule has 6 nitrogen and oxygen atoms in total. The van der Waals surface area contributed by atoms with Gasteiger partial charge in [-0.25, -0.2) is 4.98 Å². The van der Waals surface area contributed by atoms with Crippen LogP contribution in [0.3, 0.4) is 0 Å². The summed E-state index contributed by atoms with van der Waals surface area (Å²) in [6.45, 7) is 0.287. The molecule has 26 heavy (non-hydrogen) atoms. The van der Waals surface area contributed by atoms with Crippen LogP contribution in [0.25, 0.3) is 0 Å². The van der Waals surface area contributed by atoms with E-state index in [1.165, 1.54) is 23.4 Å². The Morgan fingerprint density at radius 3 is 2.69 bits per heavy atom. The third kappa shape index (κ3) is 3.72. The van der Waals surface area contributed by atoms with Crippen LogP contribution in [0.2, 0.25) is 0 Å². The van der Waals surface area contributed by atoms with Crippen LogP contribution in [0, 0.1) is 0 Å². The Morgan fingerprint density at radius 2 is 2.08 bits per heavy atom. The van der Waals surface area contributed by atoms with E-state index in [1.807, 2.05) is 0 Å². The number of hydrogen-bond donors (Lipinski definition) is 1. The predicted octanol–water partition coefficient (Wildman–Crippen LogP) is 3.52. The van der Waals surface area contributed by atoms with Gasteiger partial charge in [0.05, 0.1) is 6.04 Å². The van der Waals surface area contributed by atoms with Crippen molar-refractivity contribution in [2.24, 2.45) is 0 Å². The zero-order valence-electron chi connectivity index (χ0n) is 13.6. The van der Waals surface area contributed by atoms with Crippen LogP contribution in [0.1, 0.15) is 30.1 Å². The average molecular weight is 368 g/mol. The zero-order chi connectivity index (χ0) is 18.9. The lowest BCUT2D eigenvalue weighted by molar-refractivity contribution is -0.162. The van der Waals surface area contributed by atoms with Crippen LogP contribution < -0.4 is 9.57 Å². The minimum atomic E-state index is -4.45. The predicted molar refractivity (Wildman–Crippen MR) is 83.5 cm³/mol. The fraction of sp³-hybridized carbons (Fsp3) is 0.294. The average Bonchev–Trinajstić information content (AvgIpc) is 2.99. The van der Waals surface area contributed by atoms with Gasteiger partial charge in [0.15, 0.2) is 18.4 Å². The molecule has 0 saturated carbocycles. The second-order valence-corrected chi connectivity index (χ2v) is 5.74. The summed E-state index contributed by atoms with van der Waals surface area (Å²) in [5, 5.41) is 10.9. The number of carboxylic acid groups (broad SMARTS) is 1. The van der Waals surface area contributed by atoms with Crippen molar-refractivity contribution in [3.8, 4) is 11.6 Å². The highest BCUT2D eigenvalue weighted by Gasteiger charge is 2.41. The van der Waals surface area contributed by atoms with E-state index in [9.17, 15) is 23.1 Å². The largest absolute Gasteiger partial charge is 0.480 e. The van der Waals surface area contributed by atoms with Gasteiger partial charge in [-0.3, -0.25) is 4.79 Å². The second-order valence-electron chi connectivity index (χ2n) is 5.74. The van der Waals surface area contributed by atoms with Crippen LogP contribution in [-0.2, 0) is 4.79 Å². The third-order valence-electron chi connectivity index (χ3n) is 3.91. The summed E-state index contributed by atoms with van der Waals surface area (Å²) in [7, 11) is 0. The van der Waals surface area contributed by atoms with Crippen molar-refractivity contribution in [3.63, 3.8) is 0 Å². The maximum atomic E-state index is 12.2. The Kier molecular flexibility index (Phi) is 4.73. The van der Waals surface area contributed by atoms with Gasteiger partial charge in [0.25, 0.3) is 0 Å². The van der Waals surface area contributed by atoms with E-state index in [4.69, 9.17) is 4.84 Å². The summed E-state index contributed by atoms with van der Waals surface area (Å²) in [4.78, 5) is 21.2. The summed E-state index contributed by atoms with van der Waals surface area (Å²) < 4.78 is 41.1. The maximum absolute atomic E-state index is 12.2. The van der Waals surface area contributed by atoms with Gasteiger partial charge in [0.2, 0.25) is 5.88 Å². The monoisotopic (exact) mass is 368 g/mol. The summed E-state index contributed by atoms with van der Waals surface area (Å²) in [6, 6.07) is 8.12. The Balaban J connectivity index is 1.77. The fourth-order valence-corrected chi connectivity index (χ4v) is 2.66. The third-order valence-corrected chi connectivity index (χ3v) is 3.91. The van der Waals surface area contributed by atoms with E-state index in [0.29, 0.717) is 16.9 Å². The van der Waals surface area contributed by atoms with E-state index < -0.39 is 30.8 Å². The molecule has 2 heterocycles. The van der Waals surface area contributed by atoms with Gasteiger partial charge in [0.1, 0.15) is 0 Å². The first-order valence-electron chi connectivity index (χ1n) is 7.70. The first kappa shape index (κ1) is 18.0. The molecule has 1 N–H and O–H groups in total. The normalized spacial score (nSPS) is 18.1. The van der Waals surface area contributed by atoms with Crippen molar-refractivity contribution in [2.75, 3.05) is 6.61 Å². The molecule has 0 bridgehead atoms. The molecule has 2 unspecified atom stereocenters. The van der Waals surface area contributed by atoms with Gasteiger partial charge in [-0.15, -0.1) is 5.06 Å². The molecular formula is C17H15F3N2O4. The molecule has 3 rings (SSSR count). The van der Waals surface area contributed by atoms with Crippen molar-refractivity contribution >= 4 is 5.97 Å². The number of alkyl halides is 3. The van der Waals surface area contributed by atoms with Gasteiger partial charge in [0, 0.05) is 17.8 Å². The second kappa shape index (κ2) is 6.83. The lowest BCUT2D eigenvalue weighted by Crippen LogP contribution is -2.33. The van der Waals surface area contributed by atoms with Crippen LogP contribution >= 0.6 is 0 Å². The van der Waals surface area contributed by atoms with Gasteiger partial charge in [-0.2, -0.15) is 13.2 Å². The minimum absolute atomic E-state index is 0.168. The van der Waals surface area contributed by atoms with Gasteiger partial charge in [-0.1, -0.05) is 24.3 Å². The fourth-order valence-electron chi connectivity index (χ4n) is 2.66. The summed E-state index contributed by atoms with van der Waals surface area (Å²) in [6.07, 6.45) is -3.11. The number of rotatable bonds is 5. The number of halogens is 3. The maximum Gasteiger partial charge on any atom is 0.422 e. The Bertz CT molecular complexity index is 795. The number of hydroxylamine groups is 2. The standard InChI is InChI=1S/C17H15F3N2O4/c1-10(11-6-7-14(21-8-11)25-9-17(18,19)20)22-15(16(23)24)12-4-2-3-5-13(12)26-22/h2-8,10,15H,9H2,1H3,(H,23,24). The Hall–Kier alpha value is -2.81. The number of pyridine rings is 1. The summed E-state index contributed by atoms with van der Waals surface area (Å²) in [5.41, 5.74) is 1.10. The highest BCUT2D eigenvalue weighted by atomic mass is 19.4. The van der Waals surface area contributed by atoms with E-state index in [1.54, 1.807) is 31.2 Å². The quantitative estimate of drug-likeness (QED) is 0.871. The molecule has 9 heteroatoms. The molecule has 0 fully saturated rings. The highest BCUT2D eigenvalue weighted by molar-refractivity contribution is 5.77. The topological polar surface area (TPSA) is 71.9 Å². The van der Waals surface area contributed by atoms with Crippen molar-refractivity contribution in [3.05, 3.63) is 53.7 Å². The molecule has 0 saturated heterocycles.